The summed E-state index contributed by atoms with van der Waals surface area (Å²) in [5.74, 6) is 0. The van der Waals surface area contributed by atoms with Crippen molar-refractivity contribution in [2.75, 3.05) is 0 Å². The Morgan fingerprint density at radius 3 is 2.00 bits per heavy atom. The molecule has 0 aliphatic carbocycles. The van der Waals surface area contributed by atoms with Crippen LogP contribution in [-0.2, 0) is 0 Å². The van der Waals surface area contributed by atoms with E-state index >= 15 is 0 Å². The van der Waals surface area contributed by atoms with Gasteiger partial charge >= 0.3 is 0 Å². The largest absolute Gasteiger partial charge is 0.0991 e. The molecule has 0 heteroatoms. The first-order valence-electron chi connectivity index (χ1n) is 3.15. The van der Waals surface area contributed by atoms with Gasteiger partial charge in [-0.15, -0.1) is 0 Å². The van der Waals surface area contributed by atoms with E-state index in [4.69, 9.17) is 0 Å². The number of hydrogen-bond acceptors (Lipinski definition) is 0. The first kappa shape index (κ1) is 7.48. The van der Waals surface area contributed by atoms with E-state index in [9.17, 15) is 0 Å². The highest BCUT2D eigenvalue weighted by Crippen LogP contribution is 2.03. The fourth-order valence-corrected chi connectivity index (χ4v) is 0.652. The third-order valence-electron chi connectivity index (χ3n) is 1.26. The lowest BCUT2D eigenvalue weighted by atomic mass is 10.1. The Bertz CT molecular complexity index is 82.2. The average Bonchev–Trinajstić information content (AvgIpc) is 1.83. The van der Waals surface area contributed by atoms with Gasteiger partial charge in [0.05, 0.1) is 0 Å². The van der Waals surface area contributed by atoms with Gasteiger partial charge in [0.1, 0.15) is 0 Å². The maximum atomic E-state index is 3.62. The molecule has 0 atom stereocenters. The predicted molar refractivity (Wildman–Crippen MR) is 38.9 cm³/mol. The summed E-state index contributed by atoms with van der Waals surface area (Å²) in [5.41, 5.74) is 1.47. The second-order valence-corrected chi connectivity index (χ2v) is 1.77. The first-order valence-corrected chi connectivity index (χ1v) is 3.15. The maximum absolute atomic E-state index is 3.62. The Hall–Kier alpha value is -0.520. The highest BCUT2D eigenvalue weighted by atomic mass is 13.9. The van der Waals surface area contributed by atoms with Crippen LogP contribution in [0.1, 0.15) is 26.7 Å². The first-order chi connectivity index (χ1) is 3.85. The average molecular weight is 110 g/mol. The fourth-order valence-electron chi connectivity index (χ4n) is 0.652. The summed E-state index contributed by atoms with van der Waals surface area (Å²) in [5, 5.41) is 0. The Morgan fingerprint density at radius 2 is 1.88 bits per heavy atom. The second-order valence-electron chi connectivity index (χ2n) is 1.77. The molecule has 0 nitrogen and oxygen atoms in total. The van der Waals surface area contributed by atoms with Crippen LogP contribution >= 0.6 is 0 Å². The van der Waals surface area contributed by atoms with E-state index in [-0.39, 0.29) is 0 Å². The summed E-state index contributed by atoms with van der Waals surface area (Å²) in [6.45, 7) is 7.95. The van der Waals surface area contributed by atoms with Gasteiger partial charge in [0.15, 0.2) is 0 Å². The van der Waals surface area contributed by atoms with Gasteiger partial charge in [0.2, 0.25) is 0 Å². The van der Waals surface area contributed by atoms with Crippen molar-refractivity contribution in [3.05, 3.63) is 24.3 Å². The molecule has 0 radical (unpaired) electrons. The third-order valence-corrected chi connectivity index (χ3v) is 1.26. The molecule has 46 valence electrons. The molecule has 8 heavy (non-hydrogen) atoms. The van der Waals surface area contributed by atoms with Crippen LogP contribution in [0.25, 0.3) is 0 Å². The van der Waals surface area contributed by atoms with Crippen LogP contribution in [0, 0.1) is 0 Å². The lowest BCUT2D eigenvalue weighted by Gasteiger charge is -1.93. The molecule has 0 aromatic heterocycles. The lowest BCUT2D eigenvalue weighted by Crippen LogP contribution is -1.73. The zero-order valence-electron chi connectivity index (χ0n) is 5.78. The van der Waals surface area contributed by atoms with Crippen LogP contribution in [0.15, 0.2) is 24.3 Å². The number of hydrogen-bond donors (Lipinski definition) is 0. The second kappa shape index (κ2) is 4.63. The Balaban J connectivity index is 3.66. The third kappa shape index (κ3) is 2.62. The van der Waals surface area contributed by atoms with E-state index in [0.717, 1.165) is 12.8 Å². The molecule has 0 fully saturated rings. The molecule has 0 heterocycles. The summed E-state index contributed by atoms with van der Waals surface area (Å²) in [4.78, 5) is 0. The van der Waals surface area contributed by atoms with E-state index in [2.05, 4.69) is 26.5 Å². The molecule has 0 aromatic rings. The Labute approximate surface area is 51.9 Å². The fraction of sp³-hybridized carbons (Fsp3) is 0.500. The van der Waals surface area contributed by atoms with Crippen LogP contribution in [0.4, 0.5) is 0 Å². The molecule has 0 aliphatic heterocycles. The number of rotatable bonds is 3. The summed E-state index contributed by atoms with van der Waals surface area (Å²) in [6.07, 6.45) is 6.24. The Kier molecular flexibility index (Phi) is 4.33. The molecule has 0 N–H and O–H groups in total. The van der Waals surface area contributed by atoms with Crippen molar-refractivity contribution in [1.82, 2.24) is 0 Å². The number of allylic oxidation sites excluding steroid dienone is 3. The topological polar surface area (TPSA) is 0 Å². The van der Waals surface area contributed by atoms with Gasteiger partial charge in [0, 0.05) is 0 Å². The smallest absolute Gasteiger partial charge is 0.0346 e. The summed E-state index contributed by atoms with van der Waals surface area (Å²) in [7, 11) is 0. The van der Waals surface area contributed by atoms with Gasteiger partial charge in [0.25, 0.3) is 0 Å². The van der Waals surface area contributed by atoms with Crippen molar-refractivity contribution in [3.63, 3.8) is 0 Å². The maximum Gasteiger partial charge on any atom is -0.0346 e. The summed E-state index contributed by atoms with van der Waals surface area (Å²) < 4.78 is 0. The molecule has 0 rings (SSSR count). The van der Waals surface area contributed by atoms with Crippen molar-refractivity contribution >= 4 is 0 Å². The van der Waals surface area contributed by atoms with Crippen LogP contribution < -0.4 is 0 Å². The van der Waals surface area contributed by atoms with Crippen LogP contribution in [-0.4, -0.2) is 0 Å². The van der Waals surface area contributed by atoms with E-state index in [1.54, 1.807) is 0 Å². The molecule has 0 saturated carbocycles. The lowest BCUT2D eigenvalue weighted by molar-refractivity contribution is 0.978. The van der Waals surface area contributed by atoms with Crippen molar-refractivity contribution in [2.24, 2.45) is 0 Å². The molecule has 0 aliphatic rings. The van der Waals surface area contributed by atoms with E-state index < -0.39 is 0 Å². The van der Waals surface area contributed by atoms with Crippen molar-refractivity contribution < 1.29 is 0 Å². The summed E-state index contributed by atoms with van der Waals surface area (Å²) >= 11 is 0. The molecule has 0 aromatic carbocycles. The standard InChI is InChI=1S/C8H14/c1-4-7-8(5-2)6-3/h4,7H,1,5-6H2,2-3H3. The molecular weight excluding hydrogens is 96.1 g/mol. The minimum absolute atomic E-state index is 1.16. The normalized spacial score (nSPS) is 8.25. The van der Waals surface area contributed by atoms with Crippen molar-refractivity contribution in [2.45, 2.75) is 26.7 Å². The van der Waals surface area contributed by atoms with Crippen LogP contribution in [0.2, 0.25) is 0 Å². The molecule has 0 saturated heterocycles. The highest BCUT2D eigenvalue weighted by molar-refractivity contribution is 5.08. The van der Waals surface area contributed by atoms with E-state index in [1.807, 2.05) is 6.08 Å². The highest BCUT2D eigenvalue weighted by Gasteiger charge is 1.83. The van der Waals surface area contributed by atoms with E-state index in [0.29, 0.717) is 0 Å². The van der Waals surface area contributed by atoms with Gasteiger partial charge < -0.3 is 0 Å². The Morgan fingerprint density at radius 1 is 1.38 bits per heavy atom. The van der Waals surface area contributed by atoms with Gasteiger partial charge in [-0.1, -0.05) is 38.2 Å². The predicted octanol–water partition coefficient (Wildman–Crippen LogP) is 2.92. The van der Waals surface area contributed by atoms with Crippen molar-refractivity contribution in [3.8, 4) is 0 Å². The quantitative estimate of drug-likeness (QED) is 0.490. The SMILES string of the molecule is C=CC=C(CC)CC. The van der Waals surface area contributed by atoms with Crippen LogP contribution in [0.3, 0.4) is 0 Å². The van der Waals surface area contributed by atoms with Gasteiger partial charge in [-0.2, -0.15) is 0 Å². The summed E-state index contributed by atoms with van der Waals surface area (Å²) in [6, 6.07) is 0. The monoisotopic (exact) mass is 110 g/mol. The molecule has 0 bridgehead atoms. The zero-order valence-corrected chi connectivity index (χ0v) is 5.78. The van der Waals surface area contributed by atoms with Gasteiger partial charge in [-0.3, -0.25) is 0 Å². The van der Waals surface area contributed by atoms with Gasteiger partial charge in [-0.25, -0.2) is 0 Å². The van der Waals surface area contributed by atoms with Crippen LogP contribution in [0.5, 0.6) is 0 Å². The zero-order chi connectivity index (χ0) is 6.41. The molecular formula is C8H14. The van der Waals surface area contributed by atoms with E-state index in [1.165, 1.54) is 5.57 Å². The minimum Gasteiger partial charge on any atom is -0.0991 e. The minimum atomic E-state index is 1.16. The molecule has 0 spiro atoms. The molecule has 0 unspecified atom stereocenters. The van der Waals surface area contributed by atoms with Gasteiger partial charge in [-0.05, 0) is 12.8 Å². The molecule has 0 amide bonds. The van der Waals surface area contributed by atoms with Crippen molar-refractivity contribution in [1.29, 1.82) is 0 Å².